The molecule has 21 heavy (non-hydrogen) atoms. The first-order valence-electron chi connectivity index (χ1n) is 7.31. The molecular weight excluding hydrogens is 308 g/mol. The van der Waals surface area contributed by atoms with Crippen LogP contribution < -0.4 is 5.32 Å². The molecular formula is C14H22N2O3S2. The van der Waals surface area contributed by atoms with Gasteiger partial charge >= 0.3 is 0 Å². The molecule has 1 amide bonds. The van der Waals surface area contributed by atoms with E-state index in [9.17, 15) is 13.2 Å². The van der Waals surface area contributed by atoms with E-state index >= 15 is 0 Å². The second-order valence-electron chi connectivity index (χ2n) is 5.31. The second kappa shape index (κ2) is 7.38. The van der Waals surface area contributed by atoms with Gasteiger partial charge in [-0.05, 0) is 30.7 Å². The number of nitrogens with one attached hydrogen (secondary N) is 1. The van der Waals surface area contributed by atoms with Gasteiger partial charge in [0.2, 0.25) is 15.9 Å². The van der Waals surface area contributed by atoms with E-state index < -0.39 is 10.0 Å². The molecule has 0 radical (unpaired) electrons. The quantitative estimate of drug-likeness (QED) is 0.865. The molecule has 1 unspecified atom stereocenters. The van der Waals surface area contributed by atoms with Gasteiger partial charge in [0.25, 0.3) is 0 Å². The van der Waals surface area contributed by atoms with E-state index in [1.165, 1.54) is 4.31 Å². The van der Waals surface area contributed by atoms with Crippen LogP contribution in [0.2, 0.25) is 0 Å². The Balaban J connectivity index is 1.89. The van der Waals surface area contributed by atoms with Crippen LogP contribution in [0, 0.1) is 5.92 Å². The summed E-state index contributed by atoms with van der Waals surface area (Å²) in [5.41, 5.74) is 0. The van der Waals surface area contributed by atoms with Crippen LogP contribution in [-0.4, -0.2) is 37.5 Å². The van der Waals surface area contributed by atoms with Gasteiger partial charge in [0.1, 0.15) is 0 Å². The summed E-state index contributed by atoms with van der Waals surface area (Å²) in [7, 11) is -3.20. The lowest BCUT2D eigenvalue weighted by molar-refractivity contribution is -0.126. The van der Waals surface area contributed by atoms with Gasteiger partial charge in [-0.3, -0.25) is 4.79 Å². The number of piperidine rings is 1. The standard InChI is InChI=1S/C14H22N2O3S2/c1-2-9-21(18,19)16-7-3-5-12(11-16)14(17)15-10-13-6-4-8-20-13/h4,6,8,12H,2-3,5,7,9-11H2,1H3,(H,15,17). The molecule has 2 heterocycles. The molecule has 2 rings (SSSR count). The Labute approximate surface area is 130 Å². The number of carbonyl (C=O) groups is 1. The van der Waals surface area contributed by atoms with Gasteiger partial charge in [0.05, 0.1) is 18.2 Å². The number of amides is 1. The SMILES string of the molecule is CCCS(=O)(=O)N1CCCC(C(=O)NCc2cccs2)C1. The fourth-order valence-corrected chi connectivity index (χ4v) is 4.76. The predicted molar refractivity (Wildman–Crippen MR) is 84.5 cm³/mol. The van der Waals surface area contributed by atoms with Crippen LogP contribution in [0.5, 0.6) is 0 Å². The zero-order valence-corrected chi connectivity index (χ0v) is 13.9. The van der Waals surface area contributed by atoms with E-state index in [0.717, 1.165) is 17.7 Å². The minimum absolute atomic E-state index is 0.0419. The fraction of sp³-hybridized carbons (Fsp3) is 0.643. The summed E-state index contributed by atoms with van der Waals surface area (Å²) in [4.78, 5) is 13.3. The highest BCUT2D eigenvalue weighted by atomic mass is 32.2. The van der Waals surface area contributed by atoms with Gasteiger partial charge in [0.15, 0.2) is 0 Å². The van der Waals surface area contributed by atoms with Crippen molar-refractivity contribution < 1.29 is 13.2 Å². The lowest BCUT2D eigenvalue weighted by atomic mass is 9.99. The summed E-state index contributed by atoms with van der Waals surface area (Å²) >= 11 is 1.60. The molecule has 0 aliphatic carbocycles. The van der Waals surface area contributed by atoms with Gasteiger partial charge in [-0.1, -0.05) is 13.0 Å². The number of sulfonamides is 1. The number of rotatable bonds is 6. The van der Waals surface area contributed by atoms with Gasteiger partial charge in [-0.15, -0.1) is 11.3 Å². The molecule has 7 heteroatoms. The molecule has 5 nitrogen and oxygen atoms in total. The molecule has 0 spiro atoms. The van der Waals surface area contributed by atoms with Gasteiger partial charge < -0.3 is 5.32 Å². The summed E-state index contributed by atoms with van der Waals surface area (Å²) in [5, 5.41) is 4.88. The molecule has 1 aromatic heterocycles. The molecule has 118 valence electrons. The molecule has 1 aliphatic rings. The summed E-state index contributed by atoms with van der Waals surface area (Å²) in [5.74, 6) is -0.110. The van der Waals surface area contributed by atoms with E-state index in [4.69, 9.17) is 0 Å². The summed E-state index contributed by atoms with van der Waals surface area (Å²) in [6.07, 6.45) is 2.11. The van der Waals surface area contributed by atoms with Crippen molar-refractivity contribution in [3.63, 3.8) is 0 Å². The first-order chi connectivity index (χ1) is 10.0. The van der Waals surface area contributed by atoms with Crippen molar-refractivity contribution in [3.8, 4) is 0 Å². The smallest absolute Gasteiger partial charge is 0.224 e. The lowest BCUT2D eigenvalue weighted by Gasteiger charge is -2.31. The van der Waals surface area contributed by atoms with E-state index in [1.54, 1.807) is 11.3 Å². The minimum Gasteiger partial charge on any atom is -0.351 e. The number of hydrogen-bond acceptors (Lipinski definition) is 4. The number of thiophene rings is 1. The Bertz CT molecular complexity index is 555. The van der Waals surface area contributed by atoms with Crippen LogP contribution in [0.1, 0.15) is 31.1 Å². The third-order valence-electron chi connectivity index (χ3n) is 3.63. The zero-order valence-electron chi connectivity index (χ0n) is 12.2. The Morgan fingerprint density at radius 2 is 2.33 bits per heavy atom. The van der Waals surface area contributed by atoms with Crippen molar-refractivity contribution in [1.29, 1.82) is 0 Å². The van der Waals surface area contributed by atoms with Crippen LogP contribution in [0.15, 0.2) is 17.5 Å². The van der Waals surface area contributed by atoms with E-state index in [-0.39, 0.29) is 17.6 Å². The van der Waals surface area contributed by atoms with Crippen LogP contribution in [0.3, 0.4) is 0 Å². The highest BCUT2D eigenvalue weighted by molar-refractivity contribution is 7.89. The molecule has 0 bridgehead atoms. The van der Waals surface area contributed by atoms with Crippen molar-refractivity contribution in [1.82, 2.24) is 9.62 Å². The maximum absolute atomic E-state index is 12.2. The third-order valence-corrected chi connectivity index (χ3v) is 6.55. The Morgan fingerprint density at radius 1 is 1.52 bits per heavy atom. The summed E-state index contributed by atoms with van der Waals surface area (Å²) in [6, 6.07) is 3.93. The largest absolute Gasteiger partial charge is 0.351 e. The Kier molecular flexibility index (Phi) is 5.78. The molecule has 1 aliphatic heterocycles. The van der Waals surface area contributed by atoms with Crippen molar-refractivity contribution in [2.75, 3.05) is 18.8 Å². The van der Waals surface area contributed by atoms with Crippen LogP contribution in [0.4, 0.5) is 0 Å². The summed E-state index contributed by atoms with van der Waals surface area (Å²) in [6.45, 7) is 3.23. The molecule has 1 aromatic rings. The Hall–Kier alpha value is -0.920. The van der Waals surface area contributed by atoms with Crippen molar-refractivity contribution in [2.45, 2.75) is 32.7 Å². The van der Waals surface area contributed by atoms with Crippen molar-refractivity contribution >= 4 is 27.3 Å². The molecule has 1 N–H and O–H groups in total. The average molecular weight is 330 g/mol. The highest BCUT2D eigenvalue weighted by Gasteiger charge is 2.31. The molecule has 0 aromatic carbocycles. The molecule has 1 atom stereocenters. The first-order valence-corrected chi connectivity index (χ1v) is 9.79. The predicted octanol–water partition coefficient (Wildman–Crippen LogP) is 1.82. The van der Waals surface area contributed by atoms with Crippen molar-refractivity contribution in [3.05, 3.63) is 22.4 Å². The maximum Gasteiger partial charge on any atom is 0.224 e. The topological polar surface area (TPSA) is 66.5 Å². The number of carbonyl (C=O) groups excluding carboxylic acids is 1. The average Bonchev–Trinajstić information content (AvgIpc) is 2.98. The second-order valence-corrected chi connectivity index (χ2v) is 8.43. The van der Waals surface area contributed by atoms with Gasteiger partial charge in [-0.25, -0.2) is 12.7 Å². The summed E-state index contributed by atoms with van der Waals surface area (Å²) < 4.78 is 25.7. The van der Waals surface area contributed by atoms with E-state index in [0.29, 0.717) is 26.1 Å². The van der Waals surface area contributed by atoms with E-state index in [1.807, 2.05) is 24.4 Å². The number of nitrogens with zero attached hydrogens (tertiary/aromatic N) is 1. The number of hydrogen-bond donors (Lipinski definition) is 1. The van der Waals surface area contributed by atoms with Crippen LogP contribution in [0.25, 0.3) is 0 Å². The minimum atomic E-state index is -3.20. The third kappa shape index (κ3) is 4.52. The first kappa shape index (κ1) is 16.5. The van der Waals surface area contributed by atoms with Gasteiger partial charge in [-0.2, -0.15) is 0 Å². The monoisotopic (exact) mass is 330 g/mol. The van der Waals surface area contributed by atoms with Gasteiger partial charge in [0, 0.05) is 18.0 Å². The fourth-order valence-electron chi connectivity index (χ4n) is 2.53. The molecule has 1 fully saturated rings. The maximum atomic E-state index is 12.2. The van der Waals surface area contributed by atoms with E-state index in [2.05, 4.69) is 5.32 Å². The molecule has 1 saturated heterocycles. The Morgan fingerprint density at radius 3 is 3.00 bits per heavy atom. The zero-order chi connectivity index (χ0) is 15.3. The highest BCUT2D eigenvalue weighted by Crippen LogP contribution is 2.20. The normalized spacial score (nSPS) is 20.3. The van der Waals surface area contributed by atoms with Crippen LogP contribution in [-0.2, 0) is 21.4 Å². The van der Waals surface area contributed by atoms with Crippen molar-refractivity contribution in [2.24, 2.45) is 5.92 Å². The molecule has 0 saturated carbocycles. The van der Waals surface area contributed by atoms with Crippen LogP contribution >= 0.6 is 11.3 Å². The lowest BCUT2D eigenvalue weighted by Crippen LogP contribution is -2.45.